The van der Waals surface area contributed by atoms with Crippen molar-refractivity contribution in [3.05, 3.63) is 59.2 Å². The molecular weight excluding hydrogens is 323 g/mol. The largest absolute Gasteiger partial charge is 0.508 e. The van der Waals surface area contributed by atoms with Crippen molar-refractivity contribution in [3.63, 3.8) is 0 Å². The van der Waals surface area contributed by atoms with E-state index in [1.165, 1.54) is 18.2 Å². The number of carbonyl (C=O) groups excluding carboxylic acids is 1. The fourth-order valence-electron chi connectivity index (χ4n) is 1.99. The first-order valence-electron chi connectivity index (χ1n) is 6.36. The highest BCUT2D eigenvalue weighted by atomic mass is 32.2. The fraction of sp³-hybridized carbons (Fsp3) is 0.133. The van der Waals surface area contributed by atoms with Crippen LogP contribution in [-0.2, 0) is 11.0 Å². The molecule has 2 rings (SSSR count). The number of phenolic OH excluding ortho intramolecular Hbond substituents is 1. The van der Waals surface area contributed by atoms with E-state index in [1.54, 1.807) is 11.8 Å². The third kappa shape index (κ3) is 3.99. The first-order chi connectivity index (χ1) is 10.3. The lowest BCUT2D eigenvalue weighted by molar-refractivity contribution is 0.104. The number of aromatic hydroxyl groups is 1. The van der Waals surface area contributed by atoms with Crippen LogP contribution in [-0.4, -0.2) is 26.7 Å². The van der Waals surface area contributed by atoms with Crippen molar-refractivity contribution in [2.24, 2.45) is 0 Å². The van der Waals surface area contributed by atoms with Crippen LogP contribution in [0.1, 0.15) is 21.5 Å². The zero-order valence-electron chi connectivity index (χ0n) is 11.8. The van der Waals surface area contributed by atoms with E-state index < -0.39 is 13.1 Å². The van der Waals surface area contributed by atoms with Crippen molar-refractivity contribution in [3.8, 4) is 5.75 Å². The Balaban J connectivity index is 2.30. The summed E-state index contributed by atoms with van der Waals surface area (Å²) in [6, 6.07) is 11.5. The van der Waals surface area contributed by atoms with Gasteiger partial charge in [0.1, 0.15) is 5.75 Å². The van der Waals surface area contributed by atoms with E-state index in [4.69, 9.17) is 9.79 Å². The van der Waals surface area contributed by atoms with Crippen molar-refractivity contribution in [1.82, 2.24) is 0 Å². The second-order valence-corrected chi connectivity index (χ2v) is 7.09. The molecule has 3 N–H and O–H groups in total. The van der Waals surface area contributed by atoms with E-state index in [9.17, 15) is 14.5 Å². The van der Waals surface area contributed by atoms with Gasteiger partial charge < -0.3 is 14.9 Å². The minimum Gasteiger partial charge on any atom is -0.508 e. The molecule has 0 aliphatic heterocycles. The molecule has 0 fully saturated rings. The second-order valence-electron chi connectivity index (χ2n) is 4.72. The average molecular weight is 338 g/mol. The molecule has 0 aliphatic rings. The molecule has 0 unspecified atom stereocenters. The smallest absolute Gasteiger partial charge is 0.396 e. The molecule has 0 saturated heterocycles. The molecule has 0 spiro atoms. The van der Waals surface area contributed by atoms with Gasteiger partial charge in [-0.25, -0.2) is 0 Å². The van der Waals surface area contributed by atoms with Gasteiger partial charge in [-0.3, -0.25) is 9.36 Å². The molecule has 2 aromatic rings. The van der Waals surface area contributed by atoms with Crippen LogP contribution in [0.15, 0.2) is 47.4 Å². The van der Waals surface area contributed by atoms with Crippen molar-refractivity contribution in [2.75, 3.05) is 6.26 Å². The first-order valence-corrected chi connectivity index (χ1v) is 9.20. The molecule has 0 aromatic heterocycles. The van der Waals surface area contributed by atoms with Gasteiger partial charge in [-0.2, -0.15) is 0 Å². The lowest BCUT2D eigenvalue weighted by Crippen LogP contribution is -2.01. The van der Waals surface area contributed by atoms with Crippen molar-refractivity contribution in [2.45, 2.75) is 11.3 Å². The van der Waals surface area contributed by atoms with Crippen LogP contribution in [0.25, 0.3) is 0 Å². The molecule has 116 valence electrons. The van der Waals surface area contributed by atoms with Crippen molar-refractivity contribution in [1.29, 1.82) is 0 Å². The van der Waals surface area contributed by atoms with Gasteiger partial charge in [-0.15, -0.1) is 11.8 Å². The highest BCUT2D eigenvalue weighted by Gasteiger charge is 2.27. The van der Waals surface area contributed by atoms with Gasteiger partial charge in [0.05, 0.1) is 0 Å². The fourth-order valence-corrected chi connectivity index (χ4v) is 2.88. The monoisotopic (exact) mass is 338 g/mol. The maximum absolute atomic E-state index is 11.6. The molecule has 0 amide bonds. The van der Waals surface area contributed by atoms with Gasteiger partial charge in [0.2, 0.25) is 0 Å². The summed E-state index contributed by atoms with van der Waals surface area (Å²) in [5.41, 5.74) is 0.0124. The summed E-state index contributed by atoms with van der Waals surface area (Å²) in [6.07, 6.45) is 2.33. The highest BCUT2D eigenvalue weighted by Crippen LogP contribution is 2.39. The summed E-state index contributed by atoms with van der Waals surface area (Å²) in [5, 5.41) is 9.87. The molecule has 0 aliphatic carbocycles. The molecule has 0 heterocycles. The Morgan fingerprint density at radius 2 is 1.77 bits per heavy atom. The lowest BCUT2D eigenvalue weighted by Gasteiger charge is -2.09. The quantitative estimate of drug-likeness (QED) is 0.573. The van der Waals surface area contributed by atoms with Gasteiger partial charge in [0.25, 0.3) is 5.52 Å². The topological polar surface area (TPSA) is 94.8 Å². The molecule has 0 radical (unpaired) electrons. The van der Waals surface area contributed by atoms with Crippen LogP contribution in [0, 0.1) is 0 Å². The number of phenols is 1. The summed E-state index contributed by atoms with van der Waals surface area (Å²) in [6.45, 7) is 0. The molecule has 7 heteroatoms. The molecule has 22 heavy (non-hydrogen) atoms. The van der Waals surface area contributed by atoms with E-state index in [-0.39, 0.29) is 11.3 Å². The van der Waals surface area contributed by atoms with E-state index >= 15 is 0 Å². The third-order valence-electron chi connectivity index (χ3n) is 3.14. The molecule has 5 nitrogen and oxygen atoms in total. The van der Waals surface area contributed by atoms with Gasteiger partial charge in [-0.1, -0.05) is 12.1 Å². The van der Waals surface area contributed by atoms with Crippen LogP contribution < -0.4 is 0 Å². The van der Waals surface area contributed by atoms with Crippen LogP contribution in [0.2, 0.25) is 0 Å². The van der Waals surface area contributed by atoms with Crippen LogP contribution in [0.5, 0.6) is 5.75 Å². The maximum atomic E-state index is 11.6. The molecule has 2 aromatic carbocycles. The number of hydrogen-bond donors (Lipinski definition) is 3. The lowest BCUT2D eigenvalue weighted by atomic mass is 10.0. The molecule has 0 atom stereocenters. The van der Waals surface area contributed by atoms with E-state index in [0.717, 1.165) is 10.5 Å². The minimum atomic E-state index is -4.83. The summed E-state index contributed by atoms with van der Waals surface area (Å²) in [7, 11) is -4.83. The molecule has 0 saturated carbocycles. The van der Waals surface area contributed by atoms with Crippen LogP contribution >= 0.6 is 19.4 Å². The minimum absolute atomic E-state index is 0.0174. The summed E-state index contributed by atoms with van der Waals surface area (Å²) in [5.74, 6) is -0.0174. The Hall–Kier alpha value is -1.59. The van der Waals surface area contributed by atoms with E-state index in [2.05, 4.69) is 0 Å². The maximum Gasteiger partial charge on any atom is 0.396 e. The Kier molecular flexibility index (Phi) is 5.08. The average Bonchev–Trinajstić information content (AvgIpc) is 2.48. The molecular formula is C15H15O5PS. The molecule has 0 bridgehead atoms. The Labute approximate surface area is 132 Å². The zero-order chi connectivity index (χ0) is 16.3. The number of rotatable bonds is 5. The van der Waals surface area contributed by atoms with Gasteiger partial charge >= 0.3 is 7.60 Å². The number of benzene rings is 2. The van der Waals surface area contributed by atoms with Crippen LogP contribution in [0.4, 0.5) is 0 Å². The Morgan fingerprint density at radius 3 is 2.32 bits per heavy atom. The van der Waals surface area contributed by atoms with E-state index in [1.807, 2.05) is 30.5 Å². The predicted octanol–water partition coefficient (Wildman–Crippen LogP) is 3.02. The number of thioether (sulfide) groups is 1. The number of hydrogen-bond acceptors (Lipinski definition) is 4. The van der Waals surface area contributed by atoms with Crippen molar-refractivity contribution < 1.29 is 24.3 Å². The summed E-state index contributed by atoms with van der Waals surface area (Å²) in [4.78, 5) is 30.6. The Bertz CT molecular complexity index is 736. The van der Waals surface area contributed by atoms with Crippen LogP contribution in [0.3, 0.4) is 0 Å². The zero-order valence-corrected chi connectivity index (χ0v) is 13.5. The predicted molar refractivity (Wildman–Crippen MR) is 85.5 cm³/mol. The first kappa shape index (κ1) is 16.8. The third-order valence-corrected chi connectivity index (χ3v) is 4.68. The SMILES string of the molecule is CSc1ccc(Cc2cc(C(=O)P(=O)(O)O)ccc2O)cc1. The van der Waals surface area contributed by atoms with Gasteiger partial charge in [0.15, 0.2) is 0 Å². The number of carbonyl (C=O) groups is 1. The summed E-state index contributed by atoms with van der Waals surface area (Å²) < 4.78 is 11.0. The highest BCUT2D eigenvalue weighted by molar-refractivity contribution is 7.98. The normalized spacial score (nSPS) is 11.4. The van der Waals surface area contributed by atoms with Gasteiger partial charge in [-0.05, 0) is 47.7 Å². The second kappa shape index (κ2) is 6.67. The standard InChI is InChI=1S/C15H15O5PS/c1-22-13-5-2-10(3-6-13)8-12-9-11(4-7-14(12)16)15(17)21(18,19)20/h2-7,9,16H,8H2,1H3,(H2,18,19,20). The van der Waals surface area contributed by atoms with Crippen molar-refractivity contribution >= 4 is 24.9 Å². The Morgan fingerprint density at radius 1 is 1.14 bits per heavy atom. The summed E-state index contributed by atoms with van der Waals surface area (Å²) >= 11 is 1.62. The van der Waals surface area contributed by atoms with E-state index in [0.29, 0.717) is 12.0 Å². The van der Waals surface area contributed by atoms with Gasteiger partial charge in [0, 0.05) is 16.9 Å².